The molecule has 1 aliphatic heterocycles. The Morgan fingerprint density at radius 3 is 2.79 bits per heavy atom. The number of likely N-dealkylation sites (N-methyl/N-ethyl adjacent to an activating group) is 1. The summed E-state index contributed by atoms with van der Waals surface area (Å²) in [5.74, 6) is 0.493. The molecule has 0 bridgehead atoms. The first-order chi connectivity index (χ1) is 14.0. The lowest BCUT2D eigenvalue weighted by Crippen LogP contribution is -2.42. The number of hydrogen-bond donors (Lipinski definition) is 1. The zero-order chi connectivity index (χ0) is 20.8. The first-order valence-electron chi connectivity index (χ1n) is 9.18. The summed E-state index contributed by atoms with van der Waals surface area (Å²) in [4.78, 5) is 39.7. The highest BCUT2D eigenvalue weighted by Crippen LogP contribution is 2.31. The predicted octanol–water partition coefficient (Wildman–Crippen LogP) is 1.91. The van der Waals surface area contributed by atoms with Gasteiger partial charge in [-0.05, 0) is 24.3 Å². The number of methoxy groups -OCH3 is 1. The second-order valence-corrected chi connectivity index (χ2v) is 6.58. The van der Waals surface area contributed by atoms with Crippen LogP contribution in [-0.4, -0.2) is 56.5 Å². The fraction of sp³-hybridized carbons (Fsp3) is 0.286. The van der Waals surface area contributed by atoms with E-state index < -0.39 is 0 Å². The van der Waals surface area contributed by atoms with Gasteiger partial charge in [-0.2, -0.15) is 0 Å². The molecule has 0 aromatic heterocycles. The molecule has 0 fully saturated rings. The van der Waals surface area contributed by atoms with E-state index in [4.69, 9.17) is 9.47 Å². The van der Waals surface area contributed by atoms with Crippen LogP contribution in [-0.2, 0) is 14.4 Å². The molecule has 0 radical (unpaired) electrons. The predicted molar refractivity (Wildman–Crippen MR) is 108 cm³/mol. The molecule has 3 amide bonds. The van der Waals surface area contributed by atoms with Crippen LogP contribution in [0.15, 0.2) is 48.5 Å². The second kappa shape index (κ2) is 9.09. The van der Waals surface area contributed by atoms with Crippen molar-refractivity contribution in [3.8, 4) is 11.5 Å². The third kappa shape index (κ3) is 5.04. The van der Waals surface area contributed by atoms with E-state index in [1.54, 1.807) is 55.5 Å². The highest BCUT2D eigenvalue weighted by Gasteiger charge is 2.26. The molecule has 0 saturated heterocycles. The van der Waals surface area contributed by atoms with Crippen LogP contribution in [0.2, 0.25) is 0 Å². The smallest absolute Gasteiger partial charge is 0.265 e. The number of carbonyl (C=O) groups excluding carboxylic acids is 3. The van der Waals surface area contributed by atoms with Gasteiger partial charge in [0.05, 0.1) is 19.3 Å². The number of rotatable bonds is 7. The normalized spacial score (nSPS) is 12.6. The zero-order valence-electron chi connectivity index (χ0n) is 16.4. The Morgan fingerprint density at radius 2 is 2.00 bits per heavy atom. The molecule has 0 atom stereocenters. The first-order valence-corrected chi connectivity index (χ1v) is 9.18. The van der Waals surface area contributed by atoms with Crippen LogP contribution in [0.4, 0.5) is 11.4 Å². The number of nitrogens with zero attached hydrogens (tertiary/aromatic N) is 2. The molecule has 3 rings (SSSR count). The van der Waals surface area contributed by atoms with Crippen molar-refractivity contribution in [1.82, 2.24) is 4.90 Å². The van der Waals surface area contributed by atoms with Gasteiger partial charge in [0.1, 0.15) is 11.5 Å². The molecule has 8 heteroatoms. The quantitative estimate of drug-likeness (QED) is 0.771. The summed E-state index contributed by atoms with van der Waals surface area (Å²) < 4.78 is 10.5. The number of nitrogens with one attached hydrogen (secondary N) is 1. The average Bonchev–Trinajstić information content (AvgIpc) is 2.72. The molecule has 0 unspecified atom stereocenters. The molecular formula is C21H23N3O5. The summed E-state index contributed by atoms with van der Waals surface area (Å²) in [6.45, 7) is 0.0769. The van der Waals surface area contributed by atoms with Gasteiger partial charge >= 0.3 is 0 Å². The van der Waals surface area contributed by atoms with E-state index in [9.17, 15) is 14.4 Å². The number of benzene rings is 2. The lowest BCUT2D eigenvalue weighted by Gasteiger charge is -2.29. The number of para-hydroxylation sites is 2. The minimum Gasteiger partial charge on any atom is -0.497 e. The van der Waals surface area contributed by atoms with E-state index in [1.165, 1.54) is 4.90 Å². The van der Waals surface area contributed by atoms with Crippen molar-refractivity contribution < 1.29 is 23.9 Å². The van der Waals surface area contributed by atoms with Crippen molar-refractivity contribution in [2.75, 3.05) is 44.1 Å². The molecular weight excluding hydrogens is 374 g/mol. The van der Waals surface area contributed by atoms with E-state index in [2.05, 4.69) is 5.32 Å². The lowest BCUT2D eigenvalue weighted by molar-refractivity contribution is -0.133. The molecule has 8 nitrogen and oxygen atoms in total. The van der Waals surface area contributed by atoms with Gasteiger partial charge in [-0.1, -0.05) is 18.2 Å². The van der Waals surface area contributed by atoms with E-state index in [0.29, 0.717) is 22.9 Å². The summed E-state index contributed by atoms with van der Waals surface area (Å²) in [6.07, 6.45) is 0.100. The average molecular weight is 397 g/mol. The van der Waals surface area contributed by atoms with Crippen molar-refractivity contribution in [2.24, 2.45) is 0 Å². The van der Waals surface area contributed by atoms with Crippen LogP contribution in [0.3, 0.4) is 0 Å². The molecule has 0 spiro atoms. The van der Waals surface area contributed by atoms with Crippen LogP contribution in [0, 0.1) is 0 Å². The van der Waals surface area contributed by atoms with Crippen LogP contribution in [0.25, 0.3) is 0 Å². The SMILES string of the molecule is COc1cccc(NC(=O)CN(C)C(=O)CCN2C(=O)COc3ccccc32)c1. The van der Waals surface area contributed by atoms with E-state index in [0.717, 1.165) is 0 Å². The molecule has 1 N–H and O–H groups in total. The number of amides is 3. The first kappa shape index (κ1) is 20.2. The van der Waals surface area contributed by atoms with Gasteiger partial charge in [0.15, 0.2) is 6.61 Å². The lowest BCUT2D eigenvalue weighted by atomic mass is 10.2. The van der Waals surface area contributed by atoms with Crippen molar-refractivity contribution >= 4 is 29.1 Å². The minimum absolute atomic E-state index is 0.0516. The molecule has 152 valence electrons. The van der Waals surface area contributed by atoms with Gasteiger partial charge in [-0.25, -0.2) is 0 Å². The fourth-order valence-corrected chi connectivity index (χ4v) is 3.00. The zero-order valence-corrected chi connectivity index (χ0v) is 16.4. The van der Waals surface area contributed by atoms with Gasteiger partial charge in [-0.3, -0.25) is 14.4 Å². The summed E-state index contributed by atoms with van der Waals surface area (Å²) in [7, 11) is 3.10. The maximum absolute atomic E-state index is 12.4. The third-order valence-corrected chi connectivity index (χ3v) is 4.52. The van der Waals surface area contributed by atoms with Crippen LogP contribution in [0.5, 0.6) is 11.5 Å². The molecule has 0 aliphatic carbocycles. The van der Waals surface area contributed by atoms with Crippen LogP contribution < -0.4 is 19.7 Å². The number of fused-ring (bicyclic) bond motifs is 1. The number of hydrogen-bond acceptors (Lipinski definition) is 5. The van der Waals surface area contributed by atoms with Gasteiger partial charge < -0.3 is 24.6 Å². The molecule has 0 saturated carbocycles. The Morgan fingerprint density at radius 1 is 1.21 bits per heavy atom. The number of carbonyl (C=O) groups is 3. The van der Waals surface area contributed by atoms with Gasteiger partial charge in [0.25, 0.3) is 5.91 Å². The van der Waals surface area contributed by atoms with Gasteiger partial charge in [-0.15, -0.1) is 0 Å². The molecule has 2 aromatic rings. The minimum atomic E-state index is -0.318. The number of ether oxygens (including phenoxy) is 2. The molecule has 29 heavy (non-hydrogen) atoms. The van der Waals surface area contributed by atoms with Crippen molar-refractivity contribution in [3.05, 3.63) is 48.5 Å². The fourth-order valence-electron chi connectivity index (χ4n) is 3.00. The van der Waals surface area contributed by atoms with Crippen molar-refractivity contribution in [3.63, 3.8) is 0 Å². The van der Waals surface area contributed by atoms with Crippen LogP contribution >= 0.6 is 0 Å². The maximum atomic E-state index is 12.4. The van der Waals surface area contributed by atoms with E-state index in [-0.39, 0.29) is 43.8 Å². The topological polar surface area (TPSA) is 88.2 Å². The van der Waals surface area contributed by atoms with Gasteiger partial charge in [0, 0.05) is 31.8 Å². The van der Waals surface area contributed by atoms with E-state index >= 15 is 0 Å². The van der Waals surface area contributed by atoms with Crippen molar-refractivity contribution in [1.29, 1.82) is 0 Å². The van der Waals surface area contributed by atoms with Crippen LogP contribution in [0.1, 0.15) is 6.42 Å². The Balaban J connectivity index is 1.53. The monoisotopic (exact) mass is 397 g/mol. The van der Waals surface area contributed by atoms with Gasteiger partial charge in [0.2, 0.25) is 11.8 Å². The highest BCUT2D eigenvalue weighted by atomic mass is 16.5. The summed E-state index contributed by atoms with van der Waals surface area (Å²) >= 11 is 0. The number of anilines is 2. The van der Waals surface area contributed by atoms with Crippen molar-refractivity contribution in [2.45, 2.75) is 6.42 Å². The molecule has 2 aromatic carbocycles. The Bertz CT molecular complexity index is 915. The second-order valence-electron chi connectivity index (χ2n) is 6.58. The Kier molecular flexibility index (Phi) is 6.33. The standard InChI is InChI=1S/C21H23N3O5/c1-23(13-19(25)22-15-6-5-7-16(12-15)28-2)20(26)10-11-24-17-8-3-4-9-18(17)29-14-21(24)27/h3-9,12H,10-11,13-14H2,1-2H3,(H,22,25). The summed E-state index contributed by atoms with van der Waals surface area (Å²) in [6, 6.07) is 14.2. The highest BCUT2D eigenvalue weighted by molar-refractivity contribution is 5.98. The Hall–Kier alpha value is -3.55. The summed E-state index contributed by atoms with van der Waals surface area (Å²) in [5.41, 5.74) is 1.24. The Labute approximate surface area is 169 Å². The maximum Gasteiger partial charge on any atom is 0.265 e. The third-order valence-electron chi connectivity index (χ3n) is 4.52. The molecule has 1 aliphatic rings. The largest absolute Gasteiger partial charge is 0.497 e. The summed E-state index contributed by atoms with van der Waals surface area (Å²) in [5, 5.41) is 2.73. The molecule has 1 heterocycles. The van der Waals surface area contributed by atoms with E-state index in [1.807, 2.05) is 12.1 Å².